The second kappa shape index (κ2) is 6.53. The van der Waals surface area contributed by atoms with Crippen LogP contribution in [0, 0.1) is 0 Å². The highest BCUT2D eigenvalue weighted by atomic mass is 32.2. The van der Waals surface area contributed by atoms with Crippen LogP contribution in [0.25, 0.3) is 0 Å². The molecular formula is C16H24N2OS. The molecule has 1 aliphatic rings. The average molecular weight is 292 g/mol. The third-order valence-corrected chi connectivity index (χ3v) is 5.98. The lowest BCUT2D eigenvalue weighted by Crippen LogP contribution is -2.45. The number of anilines is 1. The fraction of sp³-hybridized carbons (Fsp3) is 0.562. The van der Waals surface area contributed by atoms with E-state index in [0.29, 0.717) is 0 Å². The molecule has 110 valence electrons. The number of carbonyl (C=O) groups excluding carboxylic acids is 1. The van der Waals surface area contributed by atoms with E-state index in [1.807, 2.05) is 30.0 Å². The zero-order chi connectivity index (χ0) is 14.6. The van der Waals surface area contributed by atoms with Gasteiger partial charge in [0.25, 0.3) is 0 Å². The van der Waals surface area contributed by atoms with Crippen molar-refractivity contribution in [3.8, 4) is 0 Å². The molecule has 1 amide bonds. The summed E-state index contributed by atoms with van der Waals surface area (Å²) >= 11 is 1.85. The molecule has 0 aliphatic carbocycles. The lowest BCUT2D eigenvalue weighted by Gasteiger charge is -2.30. The van der Waals surface area contributed by atoms with Crippen molar-refractivity contribution < 1.29 is 4.79 Å². The zero-order valence-electron chi connectivity index (χ0n) is 12.5. The third kappa shape index (κ3) is 3.11. The molecule has 2 rings (SSSR count). The number of hydrogen-bond acceptors (Lipinski definition) is 3. The first-order valence-corrected chi connectivity index (χ1v) is 8.54. The van der Waals surface area contributed by atoms with Gasteiger partial charge in [0.1, 0.15) is 6.04 Å². The summed E-state index contributed by atoms with van der Waals surface area (Å²) in [5.41, 5.74) is 2.32. The Labute approximate surface area is 125 Å². The van der Waals surface area contributed by atoms with Gasteiger partial charge < -0.3 is 10.6 Å². The van der Waals surface area contributed by atoms with E-state index in [0.717, 1.165) is 31.5 Å². The predicted molar refractivity (Wildman–Crippen MR) is 87.4 cm³/mol. The van der Waals surface area contributed by atoms with Gasteiger partial charge in [-0.1, -0.05) is 32.0 Å². The largest absolute Gasteiger partial charge is 0.373 e. The highest BCUT2D eigenvalue weighted by Gasteiger charge is 2.29. The van der Waals surface area contributed by atoms with Crippen LogP contribution in [0.15, 0.2) is 24.3 Å². The fourth-order valence-electron chi connectivity index (χ4n) is 2.69. The van der Waals surface area contributed by atoms with Gasteiger partial charge in [0.2, 0.25) is 5.91 Å². The Morgan fingerprint density at radius 3 is 2.70 bits per heavy atom. The minimum Gasteiger partial charge on any atom is -0.373 e. The summed E-state index contributed by atoms with van der Waals surface area (Å²) in [7, 11) is 0. The molecule has 1 aromatic rings. The highest BCUT2D eigenvalue weighted by molar-refractivity contribution is 8.00. The lowest BCUT2D eigenvalue weighted by molar-refractivity contribution is -0.121. The van der Waals surface area contributed by atoms with Crippen LogP contribution < -0.4 is 10.6 Å². The lowest BCUT2D eigenvalue weighted by atomic mass is 10.0. The van der Waals surface area contributed by atoms with Crippen LogP contribution in [0.2, 0.25) is 0 Å². The van der Waals surface area contributed by atoms with Crippen molar-refractivity contribution in [2.45, 2.75) is 43.9 Å². The minimum absolute atomic E-state index is 0.113. The summed E-state index contributed by atoms with van der Waals surface area (Å²) in [6.45, 7) is 5.13. The van der Waals surface area contributed by atoms with Crippen LogP contribution in [0.3, 0.4) is 0 Å². The summed E-state index contributed by atoms with van der Waals surface area (Å²) in [5, 5.41) is 6.44. The summed E-state index contributed by atoms with van der Waals surface area (Å²) < 4.78 is 0.168. The Morgan fingerprint density at radius 2 is 2.10 bits per heavy atom. The standard InChI is InChI=1S/C16H24N2OS/c1-4-16(5-2,20-3)11-17-15(19)14-10-12-8-6-7-9-13(12)18-14/h6-9,14,18H,4-5,10-11H2,1-3H3,(H,17,19)/t14-/m0/s1. The second-order valence-electron chi connectivity index (χ2n) is 5.37. The maximum atomic E-state index is 12.3. The van der Waals surface area contributed by atoms with Crippen molar-refractivity contribution in [1.82, 2.24) is 5.32 Å². The van der Waals surface area contributed by atoms with Crippen LogP contribution in [-0.2, 0) is 11.2 Å². The fourth-order valence-corrected chi connectivity index (χ4v) is 3.48. The maximum absolute atomic E-state index is 12.3. The van der Waals surface area contributed by atoms with E-state index in [9.17, 15) is 4.79 Å². The van der Waals surface area contributed by atoms with Gasteiger partial charge in [0.05, 0.1) is 0 Å². The van der Waals surface area contributed by atoms with Crippen LogP contribution in [0.5, 0.6) is 0 Å². The number of amides is 1. The smallest absolute Gasteiger partial charge is 0.242 e. The Kier molecular flexibility index (Phi) is 4.97. The summed E-state index contributed by atoms with van der Waals surface area (Å²) in [6.07, 6.45) is 5.06. The molecule has 0 fully saturated rings. The van der Waals surface area contributed by atoms with E-state index in [1.165, 1.54) is 5.56 Å². The topological polar surface area (TPSA) is 41.1 Å². The number of benzene rings is 1. The first kappa shape index (κ1) is 15.2. The first-order valence-electron chi connectivity index (χ1n) is 7.31. The SMILES string of the molecule is CCC(CC)(CNC(=O)[C@@H]1Cc2ccccc2N1)SC. The molecule has 0 bridgehead atoms. The summed E-state index contributed by atoms with van der Waals surface area (Å²) in [6, 6.07) is 8.01. The number of thioether (sulfide) groups is 1. The highest BCUT2D eigenvalue weighted by Crippen LogP contribution is 2.30. The Morgan fingerprint density at radius 1 is 1.40 bits per heavy atom. The van der Waals surface area contributed by atoms with Crippen LogP contribution in [0.1, 0.15) is 32.3 Å². The van der Waals surface area contributed by atoms with E-state index in [-0.39, 0.29) is 16.7 Å². The van der Waals surface area contributed by atoms with Crippen LogP contribution in [0.4, 0.5) is 5.69 Å². The van der Waals surface area contributed by atoms with Crippen molar-refractivity contribution in [3.63, 3.8) is 0 Å². The van der Waals surface area contributed by atoms with Gasteiger partial charge in [0.15, 0.2) is 0 Å². The second-order valence-corrected chi connectivity index (χ2v) is 6.64. The van der Waals surface area contributed by atoms with Gasteiger partial charge >= 0.3 is 0 Å². The number of nitrogens with one attached hydrogen (secondary N) is 2. The minimum atomic E-state index is -0.124. The number of rotatable bonds is 6. The number of carbonyl (C=O) groups is 1. The molecule has 0 spiro atoms. The van der Waals surface area contributed by atoms with E-state index in [1.54, 1.807) is 0 Å². The molecule has 20 heavy (non-hydrogen) atoms. The van der Waals surface area contributed by atoms with Gasteiger partial charge in [-0.25, -0.2) is 0 Å². The molecule has 1 aromatic carbocycles. The zero-order valence-corrected chi connectivity index (χ0v) is 13.3. The summed E-state index contributed by atoms with van der Waals surface area (Å²) in [5.74, 6) is 0.113. The normalized spacial score (nSPS) is 17.4. The van der Waals surface area contributed by atoms with Crippen molar-refractivity contribution in [2.24, 2.45) is 0 Å². The molecule has 3 nitrogen and oxygen atoms in total. The van der Waals surface area contributed by atoms with Crippen molar-refractivity contribution >= 4 is 23.4 Å². The Balaban J connectivity index is 1.91. The van der Waals surface area contributed by atoms with Gasteiger partial charge in [-0.3, -0.25) is 4.79 Å². The molecule has 0 aromatic heterocycles. The molecular weight excluding hydrogens is 268 g/mol. The molecule has 0 unspecified atom stereocenters. The summed E-state index contributed by atoms with van der Waals surface area (Å²) in [4.78, 5) is 12.3. The third-order valence-electron chi connectivity index (χ3n) is 4.39. The van der Waals surface area contributed by atoms with Crippen LogP contribution >= 0.6 is 11.8 Å². The molecule has 1 heterocycles. The molecule has 4 heteroatoms. The Hall–Kier alpha value is -1.16. The van der Waals surface area contributed by atoms with Gasteiger partial charge in [-0.15, -0.1) is 0 Å². The van der Waals surface area contributed by atoms with E-state index >= 15 is 0 Å². The van der Waals surface area contributed by atoms with Gasteiger partial charge in [-0.05, 0) is 30.7 Å². The maximum Gasteiger partial charge on any atom is 0.242 e. The van der Waals surface area contributed by atoms with Crippen LogP contribution in [-0.4, -0.2) is 29.5 Å². The molecule has 1 atom stereocenters. The molecule has 0 radical (unpaired) electrons. The van der Waals surface area contributed by atoms with E-state index < -0.39 is 0 Å². The van der Waals surface area contributed by atoms with Crippen molar-refractivity contribution in [3.05, 3.63) is 29.8 Å². The predicted octanol–water partition coefficient (Wildman–Crippen LogP) is 3.06. The van der Waals surface area contributed by atoms with E-state index in [2.05, 4.69) is 36.8 Å². The number of hydrogen-bond donors (Lipinski definition) is 2. The van der Waals surface area contributed by atoms with Gasteiger partial charge in [-0.2, -0.15) is 11.8 Å². The Bertz CT molecular complexity index is 438. The quantitative estimate of drug-likeness (QED) is 0.846. The van der Waals surface area contributed by atoms with E-state index in [4.69, 9.17) is 0 Å². The number of para-hydroxylation sites is 1. The van der Waals surface area contributed by atoms with Gasteiger partial charge in [0, 0.05) is 23.4 Å². The molecule has 0 saturated heterocycles. The molecule has 0 saturated carbocycles. The van der Waals surface area contributed by atoms with Crippen molar-refractivity contribution in [1.29, 1.82) is 0 Å². The van der Waals surface area contributed by atoms with Crippen molar-refractivity contribution in [2.75, 3.05) is 18.1 Å². The average Bonchev–Trinajstić information content (AvgIpc) is 2.93. The number of fused-ring (bicyclic) bond motifs is 1. The first-order chi connectivity index (χ1) is 9.64. The molecule has 2 N–H and O–H groups in total. The molecule has 1 aliphatic heterocycles. The monoisotopic (exact) mass is 292 g/mol.